The second-order valence-electron chi connectivity index (χ2n) is 9.15. The normalized spacial score (nSPS) is 10.9. The molecule has 0 N–H and O–H groups in total. The fourth-order valence-corrected chi connectivity index (χ4v) is 4.17. The Balaban J connectivity index is 1.44. The minimum absolute atomic E-state index is 0.393. The Kier molecular flexibility index (Phi) is 9.39. The molecule has 0 radical (unpaired) electrons. The largest absolute Gasteiger partial charge is 0.485 e. The van der Waals surface area contributed by atoms with Crippen molar-refractivity contribution in [2.24, 2.45) is 0 Å². The fourth-order valence-electron chi connectivity index (χ4n) is 4.17. The summed E-state index contributed by atoms with van der Waals surface area (Å²) in [7, 11) is 0. The Morgan fingerprint density at radius 3 is 1.26 bits per heavy atom. The molecule has 0 aromatic heterocycles. The molecule has 5 rings (SSSR count). The molecular formula is C35H32O4. The predicted octanol–water partition coefficient (Wildman–Crippen LogP) is 8.28. The number of ether oxygens (including phenoxy) is 4. The number of hydrogen-bond donors (Lipinski definition) is 0. The molecule has 0 fully saturated rings. The highest BCUT2D eigenvalue weighted by Crippen LogP contribution is 2.39. The van der Waals surface area contributed by atoms with Crippen LogP contribution in [0.15, 0.2) is 140 Å². The Morgan fingerprint density at radius 1 is 0.385 bits per heavy atom. The maximum absolute atomic E-state index is 6.44. The van der Waals surface area contributed by atoms with Crippen molar-refractivity contribution in [2.45, 2.75) is 32.7 Å². The zero-order valence-corrected chi connectivity index (χ0v) is 21.8. The summed E-state index contributed by atoms with van der Waals surface area (Å²) in [6.45, 7) is 1.61. The van der Waals surface area contributed by atoms with E-state index in [1.165, 1.54) is 0 Å². The van der Waals surface area contributed by atoms with Gasteiger partial charge in [-0.1, -0.05) is 127 Å². The number of benzene rings is 5. The molecule has 0 saturated carbocycles. The monoisotopic (exact) mass is 516 g/mol. The quantitative estimate of drug-likeness (QED) is 0.148. The molecular weight excluding hydrogens is 484 g/mol. The zero-order chi connectivity index (χ0) is 26.5. The lowest BCUT2D eigenvalue weighted by atomic mass is 10.1. The molecule has 196 valence electrons. The minimum atomic E-state index is -0.670. The predicted molar refractivity (Wildman–Crippen MR) is 153 cm³/mol. The van der Waals surface area contributed by atoms with E-state index in [2.05, 4.69) is 0 Å². The van der Waals surface area contributed by atoms with Crippen molar-refractivity contribution in [3.05, 3.63) is 167 Å². The van der Waals surface area contributed by atoms with Gasteiger partial charge in [-0.15, -0.1) is 0 Å². The number of hydrogen-bond acceptors (Lipinski definition) is 4. The molecule has 0 unspecified atom stereocenters. The van der Waals surface area contributed by atoms with E-state index in [0.717, 1.165) is 27.8 Å². The van der Waals surface area contributed by atoms with E-state index in [4.69, 9.17) is 18.9 Å². The first kappa shape index (κ1) is 26.2. The van der Waals surface area contributed by atoms with Gasteiger partial charge in [0, 0.05) is 0 Å². The van der Waals surface area contributed by atoms with Crippen LogP contribution in [0, 0.1) is 0 Å². The lowest BCUT2D eigenvalue weighted by Gasteiger charge is -2.24. The highest BCUT2D eigenvalue weighted by molar-refractivity contribution is 5.47. The molecule has 4 nitrogen and oxygen atoms in total. The molecule has 5 aromatic rings. The van der Waals surface area contributed by atoms with Crippen LogP contribution in [-0.2, 0) is 35.9 Å². The highest BCUT2D eigenvalue weighted by Gasteiger charge is 2.22. The molecule has 39 heavy (non-hydrogen) atoms. The van der Waals surface area contributed by atoms with E-state index < -0.39 is 6.29 Å². The third-order valence-electron chi connectivity index (χ3n) is 6.21. The van der Waals surface area contributed by atoms with Crippen LogP contribution in [0.1, 0.15) is 34.1 Å². The van der Waals surface area contributed by atoms with Crippen LogP contribution in [-0.4, -0.2) is 0 Å². The van der Waals surface area contributed by atoms with Gasteiger partial charge in [-0.05, 0) is 34.4 Å². The van der Waals surface area contributed by atoms with Gasteiger partial charge in [-0.3, -0.25) is 0 Å². The molecule has 0 spiro atoms. The van der Waals surface area contributed by atoms with Crippen LogP contribution in [0.3, 0.4) is 0 Å². The van der Waals surface area contributed by atoms with E-state index in [-0.39, 0.29) is 0 Å². The summed E-state index contributed by atoms with van der Waals surface area (Å²) in [6, 6.07) is 46.2. The van der Waals surface area contributed by atoms with Crippen molar-refractivity contribution in [1.82, 2.24) is 0 Å². The van der Waals surface area contributed by atoms with Gasteiger partial charge >= 0.3 is 0 Å². The highest BCUT2D eigenvalue weighted by atomic mass is 16.7. The van der Waals surface area contributed by atoms with E-state index in [1.807, 2.05) is 140 Å². The summed E-state index contributed by atoms with van der Waals surface area (Å²) < 4.78 is 25.5. The van der Waals surface area contributed by atoms with Gasteiger partial charge in [-0.25, -0.2) is 0 Å². The van der Waals surface area contributed by atoms with Crippen molar-refractivity contribution in [3.63, 3.8) is 0 Å². The first-order valence-electron chi connectivity index (χ1n) is 13.1. The summed E-state index contributed by atoms with van der Waals surface area (Å²) in [5.41, 5.74) is 5.05. The van der Waals surface area contributed by atoms with Gasteiger partial charge < -0.3 is 18.9 Å². The van der Waals surface area contributed by atoms with E-state index >= 15 is 0 Å². The van der Waals surface area contributed by atoms with Gasteiger partial charge in [0.2, 0.25) is 0 Å². The maximum atomic E-state index is 6.44. The van der Waals surface area contributed by atoms with Gasteiger partial charge in [0.1, 0.15) is 13.2 Å². The molecule has 0 bridgehead atoms. The van der Waals surface area contributed by atoms with Crippen molar-refractivity contribution >= 4 is 0 Å². The second-order valence-corrected chi connectivity index (χ2v) is 9.15. The summed E-state index contributed by atoms with van der Waals surface area (Å²) in [6.07, 6.45) is -0.670. The third kappa shape index (κ3) is 7.81. The van der Waals surface area contributed by atoms with Crippen molar-refractivity contribution in [2.75, 3.05) is 0 Å². The average Bonchev–Trinajstić information content (AvgIpc) is 3.01. The molecule has 0 heterocycles. The summed E-state index contributed by atoms with van der Waals surface area (Å²) >= 11 is 0. The summed E-state index contributed by atoms with van der Waals surface area (Å²) in [4.78, 5) is 0. The average molecular weight is 517 g/mol. The summed E-state index contributed by atoms with van der Waals surface area (Å²) in [5.74, 6) is 1.26. The second kappa shape index (κ2) is 14.0. The molecule has 0 aliphatic heterocycles. The van der Waals surface area contributed by atoms with Gasteiger partial charge in [0.15, 0.2) is 17.8 Å². The smallest absolute Gasteiger partial charge is 0.188 e. The molecule has 4 heteroatoms. The Labute approximate surface area is 230 Å². The van der Waals surface area contributed by atoms with Crippen molar-refractivity contribution in [1.29, 1.82) is 0 Å². The molecule has 5 aromatic carbocycles. The van der Waals surface area contributed by atoms with E-state index in [1.54, 1.807) is 0 Å². The summed E-state index contributed by atoms with van der Waals surface area (Å²) in [5, 5.41) is 0. The standard InChI is InChI=1S/C35H32O4/c1-5-14-28(15-6-1)24-36-33-23-13-22-32(34(33)37-25-29-16-7-2-8-17-29)35(38-26-30-18-9-3-10-19-30)39-27-31-20-11-4-12-21-31/h1-23,35H,24-27H2. The molecule has 0 amide bonds. The Bertz CT molecular complexity index is 1350. The van der Waals surface area contributed by atoms with Crippen LogP contribution < -0.4 is 9.47 Å². The van der Waals surface area contributed by atoms with Crippen molar-refractivity contribution in [3.8, 4) is 11.5 Å². The Hall–Kier alpha value is -4.38. The van der Waals surface area contributed by atoms with Crippen LogP contribution >= 0.6 is 0 Å². The topological polar surface area (TPSA) is 36.9 Å². The van der Waals surface area contributed by atoms with Gasteiger partial charge in [-0.2, -0.15) is 0 Å². The van der Waals surface area contributed by atoms with Gasteiger partial charge in [0.05, 0.1) is 18.8 Å². The lowest BCUT2D eigenvalue weighted by molar-refractivity contribution is -0.162. The molecule has 0 saturated heterocycles. The van der Waals surface area contributed by atoms with Crippen molar-refractivity contribution < 1.29 is 18.9 Å². The van der Waals surface area contributed by atoms with E-state index in [0.29, 0.717) is 37.9 Å². The third-order valence-corrected chi connectivity index (χ3v) is 6.21. The molecule has 0 aliphatic carbocycles. The first-order chi connectivity index (χ1) is 19.3. The number of rotatable bonds is 13. The first-order valence-corrected chi connectivity index (χ1v) is 13.1. The molecule has 0 atom stereocenters. The van der Waals surface area contributed by atoms with Crippen LogP contribution in [0.2, 0.25) is 0 Å². The van der Waals surface area contributed by atoms with Crippen LogP contribution in [0.4, 0.5) is 0 Å². The fraction of sp³-hybridized carbons (Fsp3) is 0.143. The SMILES string of the molecule is c1ccc(COc2cccc(C(OCc3ccccc3)OCc3ccccc3)c2OCc2ccccc2)cc1. The van der Waals surface area contributed by atoms with Crippen LogP contribution in [0.5, 0.6) is 11.5 Å². The Morgan fingerprint density at radius 2 is 0.795 bits per heavy atom. The number of para-hydroxylation sites is 1. The van der Waals surface area contributed by atoms with Gasteiger partial charge in [0.25, 0.3) is 0 Å². The van der Waals surface area contributed by atoms with E-state index in [9.17, 15) is 0 Å². The maximum Gasteiger partial charge on any atom is 0.188 e. The lowest BCUT2D eigenvalue weighted by Crippen LogP contribution is -2.12. The zero-order valence-electron chi connectivity index (χ0n) is 21.8. The van der Waals surface area contributed by atoms with Crippen LogP contribution in [0.25, 0.3) is 0 Å². The molecule has 0 aliphatic rings. The minimum Gasteiger partial charge on any atom is -0.485 e.